The monoisotopic (exact) mass is 1210 g/mol. The molecule has 0 saturated carbocycles. The Kier molecular flexibility index (Phi) is 75.4. The minimum absolute atomic E-state index is 0. The van der Waals surface area contributed by atoms with Crippen LogP contribution in [0.5, 0.6) is 0 Å². The van der Waals surface area contributed by atoms with Gasteiger partial charge in [0.1, 0.15) is 0 Å². The normalized spacial score (nSPS) is 12.8. The van der Waals surface area contributed by atoms with Crippen molar-refractivity contribution in [3.8, 4) is 0 Å². The summed E-state index contributed by atoms with van der Waals surface area (Å²) < 4.78 is 74.8. The van der Waals surface area contributed by atoms with Crippen LogP contribution in [0.25, 0.3) is 0 Å². The van der Waals surface area contributed by atoms with E-state index in [1.807, 2.05) is 0 Å². The van der Waals surface area contributed by atoms with Gasteiger partial charge in [-0.3, -0.25) is 8.37 Å². The molecule has 0 N–H and O–H groups in total. The van der Waals surface area contributed by atoms with E-state index < -0.39 is 20.8 Å². The molecule has 0 rings (SSSR count). The Morgan fingerprint density at radius 1 is 0.272 bits per heavy atom. The van der Waals surface area contributed by atoms with Crippen molar-refractivity contribution in [2.24, 2.45) is 11.8 Å². The summed E-state index contributed by atoms with van der Waals surface area (Å²) >= 11 is 0. The van der Waals surface area contributed by atoms with Crippen molar-refractivity contribution in [3.63, 3.8) is 0 Å². The van der Waals surface area contributed by atoms with Crippen LogP contribution in [0.4, 0.5) is 0 Å². The molecule has 0 aromatic carbocycles. The molecule has 0 aromatic rings. The van der Waals surface area contributed by atoms with E-state index in [4.69, 9.17) is 0 Å². The summed E-state index contributed by atoms with van der Waals surface area (Å²) in [5.74, 6) is 0.0337. The van der Waals surface area contributed by atoms with Gasteiger partial charge in [-0.2, -0.15) is 0 Å². The Morgan fingerprint density at radius 2 is 0.432 bits per heavy atom. The summed E-state index contributed by atoms with van der Waals surface area (Å²) in [6, 6.07) is 0. The van der Waals surface area contributed by atoms with Gasteiger partial charge in [-0.25, -0.2) is 16.8 Å². The van der Waals surface area contributed by atoms with E-state index >= 15 is 0 Å². The van der Waals surface area contributed by atoms with Crippen LogP contribution < -0.4 is 0 Å². The molecule has 0 aliphatic heterocycles. The Bertz CT molecular complexity index is 1350. The minimum atomic E-state index is -4.62. The maximum atomic E-state index is 10.9. The summed E-state index contributed by atoms with van der Waals surface area (Å²) in [7, 11) is -9.24. The molecular weight excluding hydrogens is 1070 g/mol. The van der Waals surface area contributed by atoms with Gasteiger partial charge in [0.15, 0.2) is 0 Å². The molecule has 0 fully saturated rings. The van der Waals surface area contributed by atoms with E-state index in [0.717, 1.165) is 38.5 Å². The molecule has 0 radical (unpaired) electrons. The molecule has 0 spiro atoms. The van der Waals surface area contributed by atoms with Gasteiger partial charge in [-0.05, 0) is 38.5 Å². The Balaban J connectivity index is -0.00000148. The molecule has 0 heterocycles. The molecule has 0 amide bonds. The average Bonchev–Trinajstić information content (AvgIpc) is 3.43. The first-order valence-electron chi connectivity index (χ1n) is 35.5. The summed E-state index contributed by atoms with van der Waals surface area (Å²) in [6.45, 7) is 9.06. The van der Waals surface area contributed by atoms with Crippen LogP contribution in [0.15, 0.2) is 24.3 Å². The van der Waals surface area contributed by atoms with Crippen molar-refractivity contribution < 1.29 is 34.3 Å². The third-order valence-corrected chi connectivity index (χ3v) is 17.3. The fourth-order valence-electron chi connectivity index (χ4n) is 11.2. The molecule has 81 heavy (non-hydrogen) atoms. The van der Waals surface area contributed by atoms with Gasteiger partial charge in [0.05, 0.1) is 13.2 Å². The Hall–Kier alpha value is 0.480. The van der Waals surface area contributed by atoms with Gasteiger partial charge in [0.25, 0.3) is 0 Å². The van der Waals surface area contributed by atoms with Crippen LogP contribution in [-0.2, 0) is 29.2 Å². The van der Waals surface area contributed by atoms with E-state index in [1.54, 1.807) is 0 Å². The van der Waals surface area contributed by atoms with Crippen molar-refractivity contribution in [1.29, 1.82) is 0 Å². The van der Waals surface area contributed by atoms with Crippen LogP contribution in [0, 0.1) is 11.8 Å². The van der Waals surface area contributed by atoms with Gasteiger partial charge in [-0.1, -0.05) is 386 Å². The third kappa shape index (κ3) is 80.5. The first kappa shape index (κ1) is 85.7. The van der Waals surface area contributed by atoms with Gasteiger partial charge in [0, 0.05) is 11.8 Å². The Morgan fingerprint density at radius 3 is 0.605 bits per heavy atom. The number of allylic oxidation sites excluding steroid dienone is 2. The SMILES string of the molecule is CCCCCCCCCCCCCCCCC/C=C/C(CCCCCCCCCCCCCC)COS(=O)(=O)[O-].CCCCCCCCCCCCCCCCC/C=C/C(CCCCCCCCCCCCCC)COS(=O)(=O)[O-].[Ca+2]. The average molecular weight is 1210 g/mol. The molecule has 11 heteroatoms. The van der Waals surface area contributed by atoms with Gasteiger partial charge in [-0.15, -0.1) is 0 Å². The van der Waals surface area contributed by atoms with E-state index in [2.05, 4.69) is 60.4 Å². The van der Waals surface area contributed by atoms with E-state index in [9.17, 15) is 25.9 Å². The number of hydrogen-bond donors (Lipinski definition) is 0. The minimum Gasteiger partial charge on any atom is -0.726 e. The first-order valence-corrected chi connectivity index (χ1v) is 38.2. The van der Waals surface area contributed by atoms with Crippen molar-refractivity contribution in [2.45, 2.75) is 400 Å². The second-order valence-electron chi connectivity index (χ2n) is 24.6. The van der Waals surface area contributed by atoms with Crippen LogP contribution >= 0.6 is 0 Å². The molecule has 0 aromatic heterocycles. The number of hydrogen-bond acceptors (Lipinski definition) is 8. The fourth-order valence-corrected chi connectivity index (χ4v) is 11.8. The smallest absolute Gasteiger partial charge is 0.726 e. The van der Waals surface area contributed by atoms with Crippen molar-refractivity contribution in [1.82, 2.24) is 0 Å². The summed E-state index contributed by atoms with van der Waals surface area (Å²) in [5, 5.41) is 0. The zero-order chi connectivity index (χ0) is 58.8. The predicted molar refractivity (Wildman–Crippen MR) is 353 cm³/mol. The molecule has 0 saturated heterocycles. The summed E-state index contributed by atoms with van der Waals surface area (Å²) in [4.78, 5) is 0. The van der Waals surface area contributed by atoms with Crippen LogP contribution in [0.2, 0.25) is 0 Å². The molecule has 2 unspecified atom stereocenters. The van der Waals surface area contributed by atoms with Crippen LogP contribution in [0.3, 0.4) is 0 Å². The molecule has 0 aliphatic carbocycles. The maximum Gasteiger partial charge on any atom is 2.00 e. The second-order valence-corrected chi connectivity index (χ2v) is 26.7. The third-order valence-electron chi connectivity index (χ3n) is 16.5. The van der Waals surface area contributed by atoms with E-state index in [1.165, 1.54) is 334 Å². The zero-order valence-corrected chi connectivity index (χ0v) is 58.5. The summed E-state index contributed by atoms with van der Waals surface area (Å²) in [5.41, 5.74) is 0. The number of rotatable bonds is 66. The zero-order valence-electron chi connectivity index (χ0n) is 54.7. The molecule has 0 bridgehead atoms. The fraction of sp³-hybridized carbons (Fsp3) is 0.943. The first-order chi connectivity index (χ1) is 39.0. The van der Waals surface area contributed by atoms with Crippen molar-refractivity contribution in [3.05, 3.63) is 24.3 Å². The second kappa shape index (κ2) is 71.2. The standard InChI is InChI=1S/2C35H70O4S.Ca/c2*1-3-5-7-9-11-13-15-17-18-19-20-21-23-25-27-29-31-33-35(34-39-40(36,37)38)32-30-28-26-24-22-16-14-12-10-8-6-4-2;/h2*31,33,35H,3-30,32,34H2,1-2H3,(H,36,37,38);/q;;+2/p-2/b2*33-31+;. The molecular formula is C70H138CaO8S2. The molecule has 480 valence electrons. The van der Waals surface area contributed by atoms with E-state index in [-0.39, 0.29) is 62.8 Å². The molecule has 2 atom stereocenters. The quantitative estimate of drug-likeness (QED) is 0.0193. The van der Waals surface area contributed by atoms with Crippen LogP contribution in [0.1, 0.15) is 400 Å². The van der Waals surface area contributed by atoms with Gasteiger partial charge < -0.3 is 9.11 Å². The predicted octanol–water partition coefficient (Wildman–Crippen LogP) is 23.6. The molecule has 8 nitrogen and oxygen atoms in total. The topological polar surface area (TPSA) is 133 Å². The Labute approximate surface area is 538 Å². The maximum absolute atomic E-state index is 10.9. The summed E-state index contributed by atoms with van der Waals surface area (Å²) in [6.07, 6.45) is 84.8. The van der Waals surface area contributed by atoms with Crippen LogP contribution in [-0.4, -0.2) is 76.9 Å². The van der Waals surface area contributed by atoms with E-state index in [0.29, 0.717) is 0 Å². The van der Waals surface area contributed by atoms with Crippen molar-refractivity contribution in [2.75, 3.05) is 13.2 Å². The largest absolute Gasteiger partial charge is 2.00 e. The number of unbranched alkanes of at least 4 members (excludes halogenated alkanes) is 52. The van der Waals surface area contributed by atoms with Gasteiger partial charge >= 0.3 is 37.7 Å². The van der Waals surface area contributed by atoms with Gasteiger partial charge in [0.2, 0.25) is 20.8 Å². The van der Waals surface area contributed by atoms with Crippen molar-refractivity contribution >= 4 is 58.5 Å². The molecule has 0 aliphatic rings.